The lowest BCUT2D eigenvalue weighted by molar-refractivity contribution is -0.388. The third-order valence-electron chi connectivity index (χ3n) is 5.16. The Morgan fingerprint density at radius 3 is 2.27 bits per heavy atom. The highest BCUT2D eigenvalue weighted by Gasteiger charge is 2.36. The summed E-state index contributed by atoms with van der Waals surface area (Å²) in [4.78, 5) is 10.7. The molecule has 1 N–H and O–H groups in total. The molecule has 0 unspecified atom stereocenters. The number of nitrogens with zero attached hydrogens (tertiary/aromatic N) is 2. The van der Waals surface area contributed by atoms with Crippen LogP contribution in [0.1, 0.15) is 36.8 Å². The SMILES string of the molecule is Cc1ccc(C)c(S(=O)(=O)N2CCC(NCC3CC3)CC2)c1[N+](=O)[O-].Cl. The van der Waals surface area contributed by atoms with Gasteiger partial charge in [-0.2, -0.15) is 4.31 Å². The molecule has 1 saturated heterocycles. The second kappa shape index (κ2) is 8.21. The third kappa shape index (κ3) is 4.36. The van der Waals surface area contributed by atoms with Crippen molar-refractivity contribution in [2.75, 3.05) is 19.6 Å². The maximum absolute atomic E-state index is 13.1. The second-order valence-electron chi connectivity index (χ2n) is 7.16. The zero-order valence-electron chi connectivity index (χ0n) is 15.1. The van der Waals surface area contributed by atoms with Gasteiger partial charge in [0.1, 0.15) is 0 Å². The first-order valence-electron chi connectivity index (χ1n) is 8.79. The lowest BCUT2D eigenvalue weighted by Crippen LogP contribution is -2.45. The standard InChI is InChI=1S/C17H25N3O4S.ClH/c1-12-3-4-13(2)17(16(12)20(21)22)25(23,24)19-9-7-15(8-10-19)18-11-14-5-6-14;/h3-4,14-15,18H,5-11H2,1-2H3;1H. The zero-order chi connectivity index (χ0) is 18.2. The molecule has 2 aliphatic rings. The summed E-state index contributed by atoms with van der Waals surface area (Å²) in [6, 6.07) is 3.57. The van der Waals surface area contributed by atoms with Crippen molar-refractivity contribution < 1.29 is 13.3 Å². The van der Waals surface area contributed by atoms with E-state index in [4.69, 9.17) is 0 Å². The number of benzene rings is 1. The van der Waals surface area contributed by atoms with E-state index in [2.05, 4.69) is 5.32 Å². The van der Waals surface area contributed by atoms with Gasteiger partial charge >= 0.3 is 0 Å². The van der Waals surface area contributed by atoms with E-state index in [0.29, 0.717) is 30.3 Å². The van der Waals surface area contributed by atoms with Crippen molar-refractivity contribution in [3.8, 4) is 0 Å². The predicted molar refractivity (Wildman–Crippen MR) is 102 cm³/mol. The predicted octanol–water partition coefficient (Wildman–Crippen LogP) is 2.79. The molecule has 0 spiro atoms. The van der Waals surface area contributed by atoms with Crippen LogP contribution in [0.4, 0.5) is 5.69 Å². The Kier molecular flexibility index (Phi) is 6.65. The molecule has 1 heterocycles. The smallest absolute Gasteiger partial charge is 0.292 e. The number of hydrogen-bond acceptors (Lipinski definition) is 5. The van der Waals surface area contributed by atoms with Crippen LogP contribution in [0.15, 0.2) is 17.0 Å². The summed E-state index contributed by atoms with van der Waals surface area (Å²) in [6.07, 6.45) is 4.06. The molecule has 2 fully saturated rings. The van der Waals surface area contributed by atoms with E-state index in [0.717, 1.165) is 25.3 Å². The first kappa shape index (κ1) is 21.1. The van der Waals surface area contributed by atoms with Crippen LogP contribution in [-0.2, 0) is 10.0 Å². The Balaban J connectivity index is 0.00000243. The molecule has 26 heavy (non-hydrogen) atoms. The van der Waals surface area contributed by atoms with E-state index in [1.54, 1.807) is 26.0 Å². The molecule has 1 aliphatic carbocycles. The van der Waals surface area contributed by atoms with Crippen LogP contribution >= 0.6 is 12.4 Å². The maximum atomic E-state index is 13.1. The summed E-state index contributed by atoms with van der Waals surface area (Å²) in [5.74, 6) is 0.791. The first-order chi connectivity index (χ1) is 11.8. The molecule has 7 nitrogen and oxygen atoms in total. The number of halogens is 1. The van der Waals surface area contributed by atoms with Gasteiger partial charge in [-0.05, 0) is 57.6 Å². The Bertz CT molecular complexity index is 772. The van der Waals surface area contributed by atoms with Gasteiger partial charge in [-0.25, -0.2) is 8.42 Å². The van der Waals surface area contributed by atoms with Gasteiger partial charge in [0.25, 0.3) is 5.69 Å². The molecule has 0 amide bonds. The van der Waals surface area contributed by atoms with Gasteiger partial charge in [-0.1, -0.05) is 12.1 Å². The largest absolute Gasteiger partial charge is 0.314 e. The van der Waals surface area contributed by atoms with Crippen LogP contribution in [0.3, 0.4) is 0 Å². The van der Waals surface area contributed by atoms with E-state index < -0.39 is 14.9 Å². The van der Waals surface area contributed by atoms with Crippen LogP contribution in [0.5, 0.6) is 0 Å². The van der Waals surface area contributed by atoms with Gasteiger partial charge in [0.15, 0.2) is 4.90 Å². The molecule has 146 valence electrons. The van der Waals surface area contributed by atoms with Crippen molar-refractivity contribution in [1.29, 1.82) is 0 Å². The minimum atomic E-state index is -3.87. The highest BCUT2D eigenvalue weighted by molar-refractivity contribution is 7.89. The summed E-state index contributed by atoms with van der Waals surface area (Å²) < 4.78 is 27.5. The van der Waals surface area contributed by atoms with Crippen LogP contribution < -0.4 is 5.32 Å². The van der Waals surface area contributed by atoms with Crippen LogP contribution in [0.2, 0.25) is 0 Å². The fourth-order valence-electron chi connectivity index (χ4n) is 3.41. The molecular formula is C17H26ClN3O4S. The molecule has 0 radical (unpaired) electrons. The van der Waals surface area contributed by atoms with E-state index in [1.807, 2.05) is 0 Å². The summed E-state index contributed by atoms with van der Waals surface area (Å²) in [5.41, 5.74) is 0.496. The highest BCUT2D eigenvalue weighted by Crippen LogP contribution is 2.34. The molecule has 0 atom stereocenters. The van der Waals surface area contributed by atoms with E-state index in [-0.39, 0.29) is 23.0 Å². The van der Waals surface area contributed by atoms with Gasteiger partial charge in [-0.15, -0.1) is 12.4 Å². The molecule has 1 saturated carbocycles. The number of hydrogen-bond donors (Lipinski definition) is 1. The van der Waals surface area contributed by atoms with Crippen molar-refractivity contribution >= 4 is 28.1 Å². The molecule has 1 aliphatic heterocycles. The fourth-order valence-corrected chi connectivity index (χ4v) is 5.31. The lowest BCUT2D eigenvalue weighted by Gasteiger charge is -2.32. The fraction of sp³-hybridized carbons (Fsp3) is 0.647. The number of sulfonamides is 1. The Labute approximate surface area is 160 Å². The normalized spacial score (nSPS) is 19.2. The van der Waals surface area contributed by atoms with Gasteiger partial charge in [0.05, 0.1) is 4.92 Å². The second-order valence-corrected chi connectivity index (χ2v) is 9.04. The van der Waals surface area contributed by atoms with Gasteiger partial charge < -0.3 is 5.32 Å². The Morgan fingerprint density at radius 2 is 1.73 bits per heavy atom. The zero-order valence-corrected chi connectivity index (χ0v) is 16.7. The van der Waals surface area contributed by atoms with Crippen molar-refractivity contribution in [3.05, 3.63) is 33.4 Å². The van der Waals surface area contributed by atoms with Crippen molar-refractivity contribution in [2.24, 2.45) is 5.92 Å². The van der Waals surface area contributed by atoms with Crippen molar-refractivity contribution in [1.82, 2.24) is 9.62 Å². The van der Waals surface area contributed by atoms with Crippen LogP contribution in [-0.4, -0.2) is 43.3 Å². The minimum Gasteiger partial charge on any atom is -0.314 e. The minimum absolute atomic E-state index is 0. The van der Waals surface area contributed by atoms with E-state index in [1.165, 1.54) is 17.1 Å². The van der Waals surface area contributed by atoms with Crippen molar-refractivity contribution in [3.63, 3.8) is 0 Å². The average Bonchev–Trinajstić information content (AvgIpc) is 3.39. The van der Waals surface area contributed by atoms with Gasteiger partial charge in [0, 0.05) is 24.7 Å². The van der Waals surface area contributed by atoms with Crippen LogP contribution in [0, 0.1) is 29.9 Å². The molecule has 9 heteroatoms. The monoisotopic (exact) mass is 403 g/mol. The molecule has 1 aromatic carbocycles. The topological polar surface area (TPSA) is 92.6 Å². The van der Waals surface area contributed by atoms with Crippen molar-refractivity contribution in [2.45, 2.75) is 50.5 Å². The molecule has 1 aromatic rings. The third-order valence-corrected chi connectivity index (χ3v) is 7.23. The number of nitro groups is 1. The van der Waals surface area contributed by atoms with Gasteiger partial charge in [0.2, 0.25) is 10.0 Å². The summed E-state index contributed by atoms with van der Waals surface area (Å²) >= 11 is 0. The van der Waals surface area contributed by atoms with E-state index in [9.17, 15) is 18.5 Å². The molecular weight excluding hydrogens is 378 g/mol. The summed E-state index contributed by atoms with van der Waals surface area (Å²) in [6.45, 7) is 5.00. The number of piperidine rings is 1. The summed E-state index contributed by atoms with van der Waals surface area (Å²) in [5, 5.41) is 15.0. The average molecular weight is 404 g/mol. The highest BCUT2D eigenvalue weighted by atomic mass is 35.5. The van der Waals surface area contributed by atoms with Crippen LogP contribution in [0.25, 0.3) is 0 Å². The number of aryl methyl sites for hydroxylation is 2. The molecule has 3 rings (SSSR count). The lowest BCUT2D eigenvalue weighted by atomic mass is 10.1. The number of nitrogens with one attached hydrogen (secondary N) is 1. The Hall–Kier alpha value is -1.22. The van der Waals surface area contributed by atoms with Gasteiger partial charge in [-0.3, -0.25) is 10.1 Å². The van der Waals surface area contributed by atoms with E-state index >= 15 is 0 Å². The molecule has 0 bridgehead atoms. The first-order valence-corrected chi connectivity index (χ1v) is 10.2. The maximum Gasteiger partial charge on any atom is 0.292 e. The molecule has 0 aromatic heterocycles. The summed E-state index contributed by atoms with van der Waals surface area (Å²) in [7, 11) is -3.87. The Morgan fingerprint density at radius 1 is 1.15 bits per heavy atom. The number of nitro benzene ring substituents is 1. The quantitative estimate of drug-likeness (QED) is 0.582. The number of rotatable bonds is 6.